The van der Waals surface area contributed by atoms with Gasteiger partial charge in [-0.15, -0.1) is 11.3 Å². The lowest BCUT2D eigenvalue weighted by atomic mass is 10.1. The minimum absolute atomic E-state index is 0.0244. The highest BCUT2D eigenvalue weighted by atomic mass is 79.9. The molecule has 2 N–H and O–H groups in total. The summed E-state index contributed by atoms with van der Waals surface area (Å²) in [6, 6.07) is 10.4. The van der Waals surface area contributed by atoms with Crippen molar-refractivity contribution >= 4 is 27.3 Å². The molecular weight excluding hydrogens is 334 g/mol. The van der Waals surface area contributed by atoms with E-state index in [0.717, 1.165) is 16.5 Å². The van der Waals surface area contributed by atoms with E-state index < -0.39 is 0 Å². The van der Waals surface area contributed by atoms with E-state index >= 15 is 0 Å². The first kappa shape index (κ1) is 15.7. The molecule has 0 aliphatic heterocycles. The van der Waals surface area contributed by atoms with Gasteiger partial charge in [0.05, 0.1) is 6.61 Å². The van der Waals surface area contributed by atoms with E-state index in [4.69, 9.17) is 10.5 Å². The Kier molecular flexibility index (Phi) is 5.78. The van der Waals surface area contributed by atoms with Crippen LogP contribution in [0.25, 0.3) is 0 Å². The molecule has 1 aromatic heterocycles. The Bertz CT molecular complexity index is 538. The number of hydrogen-bond donors (Lipinski definition) is 1. The summed E-state index contributed by atoms with van der Waals surface area (Å²) in [6.07, 6.45) is 0.881. The molecule has 2 aromatic rings. The molecule has 1 heterocycles. The monoisotopic (exact) mass is 353 g/mol. The molecule has 0 fully saturated rings. The molecule has 0 aliphatic carbocycles. The van der Waals surface area contributed by atoms with Crippen molar-refractivity contribution in [2.24, 2.45) is 5.73 Å². The van der Waals surface area contributed by atoms with Gasteiger partial charge in [0.15, 0.2) is 0 Å². The lowest BCUT2D eigenvalue weighted by Gasteiger charge is -2.23. The molecule has 2 unspecified atom stereocenters. The second-order valence-electron chi connectivity index (χ2n) is 4.90. The molecule has 0 spiro atoms. The Morgan fingerprint density at radius 2 is 1.95 bits per heavy atom. The van der Waals surface area contributed by atoms with Crippen molar-refractivity contribution in [1.82, 2.24) is 0 Å². The number of benzene rings is 1. The maximum absolute atomic E-state index is 6.24. The van der Waals surface area contributed by atoms with Gasteiger partial charge in [0.1, 0.15) is 6.10 Å². The summed E-state index contributed by atoms with van der Waals surface area (Å²) in [4.78, 5) is 1.25. The quantitative estimate of drug-likeness (QED) is 0.808. The van der Waals surface area contributed by atoms with E-state index in [9.17, 15) is 0 Å². The molecule has 20 heavy (non-hydrogen) atoms. The topological polar surface area (TPSA) is 35.2 Å². The SMILES string of the molecule is CCC(N)C(OCc1ccc(Br)cc1)c1sccc1C. The van der Waals surface area contributed by atoms with Crippen LogP contribution in [0.4, 0.5) is 0 Å². The largest absolute Gasteiger partial charge is 0.366 e. The average Bonchev–Trinajstić information content (AvgIpc) is 2.87. The van der Waals surface area contributed by atoms with Gasteiger partial charge >= 0.3 is 0 Å². The van der Waals surface area contributed by atoms with Crippen LogP contribution in [0.3, 0.4) is 0 Å². The van der Waals surface area contributed by atoms with Crippen LogP contribution in [-0.4, -0.2) is 6.04 Å². The summed E-state index contributed by atoms with van der Waals surface area (Å²) >= 11 is 5.17. The summed E-state index contributed by atoms with van der Waals surface area (Å²) in [6.45, 7) is 4.80. The Morgan fingerprint density at radius 3 is 2.50 bits per heavy atom. The molecule has 0 radical (unpaired) electrons. The highest BCUT2D eigenvalue weighted by Gasteiger charge is 2.22. The van der Waals surface area contributed by atoms with Gasteiger partial charge in [-0.25, -0.2) is 0 Å². The standard InChI is InChI=1S/C16H20BrNOS/c1-3-14(18)15(16-11(2)8-9-20-16)19-10-12-4-6-13(17)7-5-12/h4-9,14-15H,3,10,18H2,1-2H3. The third-order valence-corrected chi connectivity index (χ3v) is 4.97. The first-order valence-electron chi connectivity index (χ1n) is 6.77. The van der Waals surface area contributed by atoms with E-state index in [1.807, 2.05) is 12.1 Å². The third-order valence-electron chi connectivity index (χ3n) is 3.36. The van der Waals surface area contributed by atoms with Gasteiger partial charge in [-0.2, -0.15) is 0 Å². The van der Waals surface area contributed by atoms with Crippen molar-refractivity contribution in [1.29, 1.82) is 0 Å². The minimum atomic E-state index is -0.0244. The van der Waals surface area contributed by atoms with E-state index in [1.54, 1.807) is 11.3 Å². The van der Waals surface area contributed by atoms with Gasteiger partial charge in [-0.05, 0) is 48.1 Å². The Balaban J connectivity index is 2.09. The predicted molar refractivity (Wildman–Crippen MR) is 89.0 cm³/mol. The molecule has 2 nitrogen and oxygen atoms in total. The van der Waals surface area contributed by atoms with Gasteiger partial charge in [-0.3, -0.25) is 0 Å². The lowest BCUT2D eigenvalue weighted by Crippen LogP contribution is -2.29. The molecule has 0 amide bonds. The number of hydrogen-bond acceptors (Lipinski definition) is 3. The molecule has 0 bridgehead atoms. The van der Waals surface area contributed by atoms with Crippen molar-refractivity contribution in [3.05, 3.63) is 56.2 Å². The molecule has 2 atom stereocenters. The maximum Gasteiger partial charge on any atom is 0.107 e. The second kappa shape index (κ2) is 7.36. The van der Waals surface area contributed by atoms with Crippen molar-refractivity contribution in [2.75, 3.05) is 0 Å². The van der Waals surface area contributed by atoms with Crippen LogP contribution in [-0.2, 0) is 11.3 Å². The van der Waals surface area contributed by atoms with Gasteiger partial charge in [0.2, 0.25) is 0 Å². The van der Waals surface area contributed by atoms with E-state index in [1.165, 1.54) is 10.4 Å². The van der Waals surface area contributed by atoms with Crippen molar-refractivity contribution < 1.29 is 4.74 Å². The third kappa shape index (κ3) is 3.92. The molecule has 2 rings (SSSR count). The van der Waals surface area contributed by atoms with Crippen molar-refractivity contribution in [2.45, 2.75) is 39.0 Å². The lowest BCUT2D eigenvalue weighted by molar-refractivity contribution is 0.0232. The van der Waals surface area contributed by atoms with Crippen LogP contribution >= 0.6 is 27.3 Å². The summed E-state index contributed by atoms with van der Waals surface area (Å²) < 4.78 is 7.20. The zero-order valence-corrected chi connectivity index (χ0v) is 14.2. The number of nitrogens with two attached hydrogens (primary N) is 1. The minimum Gasteiger partial charge on any atom is -0.366 e. The summed E-state index contributed by atoms with van der Waals surface area (Å²) in [5, 5.41) is 2.10. The zero-order valence-electron chi connectivity index (χ0n) is 11.8. The molecule has 0 aliphatic rings. The first-order valence-corrected chi connectivity index (χ1v) is 8.44. The van der Waals surface area contributed by atoms with Gasteiger partial charge in [0.25, 0.3) is 0 Å². The highest BCUT2D eigenvalue weighted by molar-refractivity contribution is 9.10. The van der Waals surface area contributed by atoms with Gasteiger partial charge in [0, 0.05) is 15.4 Å². The van der Waals surface area contributed by atoms with E-state index in [0.29, 0.717) is 6.61 Å². The smallest absolute Gasteiger partial charge is 0.107 e. The van der Waals surface area contributed by atoms with Crippen LogP contribution in [0.15, 0.2) is 40.2 Å². The van der Waals surface area contributed by atoms with Crippen molar-refractivity contribution in [3.8, 4) is 0 Å². The summed E-state index contributed by atoms with van der Waals surface area (Å²) in [5.41, 5.74) is 8.67. The van der Waals surface area contributed by atoms with E-state index in [2.05, 4.69) is 53.4 Å². The van der Waals surface area contributed by atoms with E-state index in [-0.39, 0.29) is 12.1 Å². The Labute approximate surface area is 133 Å². The summed E-state index contributed by atoms with van der Waals surface area (Å²) in [7, 11) is 0. The van der Waals surface area contributed by atoms with Crippen LogP contribution < -0.4 is 5.73 Å². The number of ether oxygens (including phenoxy) is 1. The molecule has 108 valence electrons. The van der Waals surface area contributed by atoms with Crippen LogP contribution in [0, 0.1) is 6.92 Å². The molecule has 1 aromatic carbocycles. The maximum atomic E-state index is 6.24. The summed E-state index contributed by atoms with van der Waals surface area (Å²) in [5.74, 6) is 0. The average molecular weight is 354 g/mol. The van der Waals surface area contributed by atoms with Crippen LogP contribution in [0.5, 0.6) is 0 Å². The number of halogens is 1. The fourth-order valence-corrected chi connectivity index (χ4v) is 3.36. The molecular formula is C16H20BrNOS. The number of aryl methyl sites for hydroxylation is 1. The highest BCUT2D eigenvalue weighted by Crippen LogP contribution is 2.30. The Hall–Kier alpha value is -0.680. The number of rotatable bonds is 6. The second-order valence-corrected chi connectivity index (χ2v) is 6.76. The predicted octanol–water partition coefficient (Wildman–Crippen LogP) is 4.81. The van der Waals surface area contributed by atoms with Crippen LogP contribution in [0.1, 0.15) is 35.5 Å². The molecule has 0 saturated carbocycles. The zero-order chi connectivity index (χ0) is 14.5. The normalized spacial score (nSPS) is 14.2. The van der Waals surface area contributed by atoms with Gasteiger partial charge in [-0.1, -0.05) is 35.0 Å². The number of thiophene rings is 1. The van der Waals surface area contributed by atoms with Crippen molar-refractivity contribution in [3.63, 3.8) is 0 Å². The van der Waals surface area contributed by atoms with Gasteiger partial charge < -0.3 is 10.5 Å². The molecule has 0 saturated heterocycles. The Morgan fingerprint density at radius 1 is 1.25 bits per heavy atom. The van der Waals surface area contributed by atoms with Crippen LogP contribution in [0.2, 0.25) is 0 Å². The first-order chi connectivity index (χ1) is 9.61. The fraction of sp³-hybridized carbons (Fsp3) is 0.375. The molecule has 4 heteroatoms. The fourth-order valence-electron chi connectivity index (χ4n) is 2.05.